The summed E-state index contributed by atoms with van der Waals surface area (Å²) in [5.74, 6) is 1.39. The van der Waals surface area contributed by atoms with Crippen LogP contribution in [0.15, 0.2) is 24.3 Å². The first-order chi connectivity index (χ1) is 11.4. The summed E-state index contributed by atoms with van der Waals surface area (Å²) < 4.78 is 5.21. The van der Waals surface area contributed by atoms with Crippen LogP contribution in [0.2, 0.25) is 0 Å². The second-order valence-corrected chi connectivity index (χ2v) is 7.94. The normalized spacial score (nSPS) is 16.0. The van der Waals surface area contributed by atoms with Crippen molar-refractivity contribution in [3.8, 4) is 5.75 Å². The van der Waals surface area contributed by atoms with Crippen LogP contribution in [0, 0.1) is 11.3 Å². The molecule has 0 unspecified atom stereocenters. The van der Waals surface area contributed by atoms with Gasteiger partial charge in [-0.2, -0.15) is 0 Å². The van der Waals surface area contributed by atoms with Gasteiger partial charge < -0.3 is 15.0 Å². The Morgan fingerprint density at radius 3 is 2.38 bits per heavy atom. The molecule has 1 aromatic rings. The van der Waals surface area contributed by atoms with Gasteiger partial charge in [0.1, 0.15) is 5.75 Å². The van der Waals surface area contributed by atoms with E-state index in [1.165, 1.54) is 5.56 Å². The number of nitrogens with one attached hydrogen (secondary N) is 1. The summed E-state index contributed by atoms with van der Waals surface area (Å²) in [6.07, 6.45) is 2.81. The van der Waals surface area contributed by atoms with Gasteiger partial charge in [0.2, 0.25) is 5.91 Å². The third-order valence-corrected chi connectivity index (χ3v) is 4.49. The summed E-state index contributed by atoms with van der Waals surface area (Å²) in [7, 11) is 1.68. The molecule has 1 heterocycles. The van der Waals surface area contributed by atoms with Crippen LogP contribution in [0.1, 0.15) is 39.2 Å². The monoisotopic (exact) mass is 332 g/mol. The van der Waals surface area contributed by atoms with E-state index in [2.05, 4.69) is 43.1 Å². The molecule has 1 fully saturated rings. The summed E-state index contributed by atoms with van der Waals surface area (Å²) in [6.45, 7) is 10.1. The van der Waals surface area contributed by atoms with E-state index in [4.69, 9.17) is 4.74 Å². The van der Waals surface area contributed by atoms with Crippen molar-refractivity contribution in [1.29, 1.82) is 0 Å². The standard InChI is InChI=1S/C20H32N2O2/c1-20(2,3)15-22(19(23)17-9-12-21-13-10-17)14-11-16-5-7-18(24-4)8-6-16/h5-8,17,21H,9-15H2,1-4H3. The van der Waals surface area contributed by atoms with Crippen molar-refractivity contribution in [3.05, 3.63) is 29.8 Å². The number of piperidine rings is 1. The molecule has 2 rings (SSSR count). The number of rotatable bonds is 6. The van der Waals surface area contributed by atoms with E-state index in [1.807, 2.05) is 12.1 Å². The van der Waals surface area contributed by atoms with Gasteiger partial charge in [0, 0.05) is 19.0 Å². The number of carbonyl (C=O) groups is 1. The first-order valence-corrected chi connectivity index (χ1v) is 9.01. The molecule has 1 aliphatic rings. The molecule has 0 bridgehead atoms. The van der Waals surface area contributed by atoms with E-state index >= 15 is 0 Å². The molecule has 1 aromatic carbocycles. The number of nitrogens with zero attached hydrogens (tertiary/aromatic N) is 1. The van der Waals surface area contributed by atoms with Crippen molar-refractivity contribution < 1.29 is 9.53 Å². The van der Waals surface area contributed by atoms with E-state index in [-0.39, 0.29) is 11.3 Å². The average molecular weight is 332 g/mol. The van der Waals surface area contributed by atoms with Crippen molar-refractivity contribution in [3.63, 3.8) is 0 Å². The van der Waals surface area contributed by atoms with Crippen molar-refractivity contribution in [2.24, 2.45) is 11.3 Å². The van der Waals surface area contributed by atoms with Crippen LogP contribution in [0.3, 0.4) is 0 Å². The van der Waals surface area contributed by atoms with Crippen LogP contribution in [0.5, 0.6) is 5.75 Å². The molecule has 0 spiro atoms. The molecule has 1 saturated heterocycles. The molecule has 1 amide bonds. The van der Waals surface area contributed by atoms with Gasteiger partial charge >= 0.3 is 0 Å². The first kappa shape index (κ1) is 18.8. The maximum absolute atomic E-state index is 13.0. The maximum Gasteiger partial charge on any atom is 0.225 e. The second kappa shape index (κ2) is 8.52. The van der Waals surface area contributed by atoms with E-state index in [9.17, 15) is 4.79 Å². The zero-order valence-corrected chi connectivity index (χ0v) is 15.6. The fourth-order valence-corrected chi connectivity index (χ4v) is 3.22. The van der Waals surface area contributed by atoms with Crippen LogP contribution in [-0.4, -0.2) is 44.1 Å². The van der Waals surface area contributed by atoms with Crippen molar-refractivity contribution in [2.75, 3.05) is 33.3 Å². The van der Waals surface area contributed by atoms with Gasteiger partial charge in [-0.05, 0) is 55.5 Å². The molecule has 0 radical (unpaired) electrons. The summed E-state index contributed by atoms with van der Waals surface area (Å²) in [5.41, 5.74) is 1.36. The molecule has 0 atom stereocenters. The molecule has 0 aromatic heterocycles. The highest BCUT2D eigenvalue weighted by molar-refractivity contribution is 5.79. The van der Waals surface area contributed by atoms with Crippen molar-refractivity contribution >= 4 is 5.91 Å². The van der Waals surface area contributed by atoms with Gasteiger partial charge in [-0.15, -0.1) is 0 Å². The summed E-state index contributed by atoms with van der Waals surface area (Å²) in [4.78, 5) is 15.1. The highest BCUT2D eigenvalue weighted by Crippen LogP contribution is 2.21. The molecule has 0 saturated carbocycles. The van der Waals surface area contributed by atoms with Crippen LogP contribution in [-0.2, 0) is 11.2 Å². The van der Waals surface area contributed by atoms with Crippen LogP contribution < -0.4 is 10.1 Å². The number of amides is 1. The van der Waals surface area contributed by atoms with Crippen LogP contribution in [0.4, 0.5) is 0 Å². The van der Waals surface area contributed by atoms with Crippen molar-refractivity contribution in [1.82, 2.24) is 10.2 Å². The largest absolute Gasteiger partial charge is 0.497 e. The number of methoxy groups -OCH3 is 1. The minimum Gasteiger partial charge on any atom is -0.497 e. The molecule has 24 heavy (non-hydrogen) atoms. The number of carbonyl (C=O) groups excluding carboxylic acids is 1. The Hall–Kier alpha value is -1.55. The predicted molar refractivity (Wildman–Crippen MR) is 98.3 cm³/mol. The minimum atomic E-state index is 0.114. The van der Waals surface area contributed by atoms with E-state index < -0.39 is 0 Å². The third kappa shape index (κ3) is 5.82. The van der Waals surface area contributed by atoms with Crippen molar-refractivity contribution in [2.45, 2.75) is 40.0 Å². The fraction of sp³-hybridized carbons (Fsp3) is 0.650. The lowest BCUT2D eigenvalue weighted by atomic mass is 9.92. The Bertz CT molecular complexity index is 513. The van der Waals surface area contributed by atoms with Crippen LogP contribution in [0.25, 0.3) is 0 Å². The molecule has 4 heteroatoms. The molecule has 4 nitrogen and oxygen atoms in total. The molecule has 0 aliphatic carbocycles. The lowest BCUT2D eigenvalue weighted by Crippen LogP contribution is -2.45. The Kier molecular flexibility index (Phi) is 6.67. The summed E-state index contributed by atoms with van der Waals surface area (Å²) in [6, 6.07) is 8.14. The third-order valence-electron chi connectivity index (χ3n) is 4.49. The quantitative estimate of drug-likeness (QED) is 0.870. The first-order valence-electron chi connectivity index (χ1n) is 9.01. The summed E-state index contributed by atoms with van der Waals surface area (Å²) in [5, 5.41) is 3.34. The number of benzene rings is 1. The average Bonchev–Trinajstić information content (AvgIpc) is 2.58. The maximum atomic E-state index is 13.0. The van der Waals surface area contributed by atoms with Gasteiger partial charge in [-0.3, -0.25) is 4.79 Å². The smallest absolute Gasteiger partial charge is 0.225 e. The van der Waals surface area contributed by atoms with Gasteiger partial charge in [-0.1, -0.05) is 32.9 Å². The van der Waals surface area contributed by atoms with Gasteiger partial charge in [0.05, 0.1) is 7.11 Å². The number of hydrogen-bond donors (Lipinski definition) is 1. The molecular formula is C20H32N2O2. The topological polar surface area (TPSA) is 41.6 Å². The summed E-state index contributed by atoms with van der Waals surface area (Å²) >= 11 is 0. The van der Waals surface area contributed by atoms with E-state index in [0.29, 0.717) is 5.91 Å². The van der Waals surface area contributed by atoms with Gasteiger partial charge in [0.15, 0.2) is 0 Å². The Morgan fingerprint density at radius 2 is 1.83 bits per heavy atom. The Labute approximate surface area is 146 Å². The van der Waals surface area contributed by atoms with Gasteiger partial charge in [-0.25, -0.2) is 0 Å². The predicted octanol–water partition coefficient (Wildman–Crippen LogP) is 3.11. The molecular weight excluding hydrogens is 300 g/mol. The Balaban J connectivity index is 2.00. The zero-order valence-electron chi connectivity index (χ0n) is 15.6. The zero-order chi connectivity index (χ0) is 17.6. The number of hydrogen-bond acceptors (Lipinski definition) is 3. The SMILES string of the molecule is COc1ccc(CCN(CC(C)(C)C)C(=O)C2CCNCC2)cc1. The minimum absolute atomic E-state index is 0.114. The second-order valence-electron chi connectivity index (χ2n) is 7.94. The molecule has 134 valence electrons. The highest BCUT2D eigenvalue weighted by Gasteiger charge is 2.28. The molecule has 1 aliphatic heterocycles. The fourth-order valence-electron chi connectivity index (χ4n) is 3.22. The lowest BCUT2D eigenvalue weighted by Gasteiger charge is -2.34. The van der Waals surface area contributed by atoms with Gasteiger partial charge in [0.25, 0.3) is 0 Å². The lowest BCUT2D eigenvalue weighted by molar-refractivity contribution is -0.137. The van der Waals surface area contributed by atoms with E-state index in [0.717, 1.165) is 51.2 Å². The van der Waals surface area contributed by atoms with Crippen LogP contribution >= 0.6 is 0 Å². The highest BCUT2D eigenvalue weighted by atomic mass is 16.5. The molecule has 1 N–H and O–H groups in total. The Morgan fingerprint density at radius 1 is 1.21 bits per heavy atom. The van der Waals surface area contributed by atoms with E-state index in [1.54, 1.807) is 7.11 Å². The number of ether oxygens (including phenoxy) is 1.